The fourth-order valence-corrected chi connectivity index (χ4v) is 1.65. The van der Waals surface area contributed by atoms with Gasteiger partial charge in [0.25, 0.3) is 5.56 Å². The highest BCUT2D eigenvalue weighted by Crippen LogP contribution is 2.27. The van der Waals surface area contributed by atoms with Crippen molar-refractivity contribution in [2.75, 3.05) is 0 Å². The molecule has 0 amide bonds. The third kappa shape index (κ3) is 2.10. The number of hydrogen-bond donors (Lipinski definition) is 2. The summed E-state index contributed by atoms with van der Waals surface area (Å²) < 4.78 is 39.5. The summed E-state index contributed by atoms with van der Waals surface area (Å²) in [6.07, 6.45) is 1.09. The van der Waals surface area contributed by atoms with Crippen LogP contribution in [0.5, 0.6) is 0 Å². The first kappa shape index (κ1) is 12.9. The SMILES string of the molecule is O=C(O)c1c(-c2ccc(F)c(F)c2F)cc[nH]c1=O. The van der Waals surface area contributed by atoms with Gasteiger partial charge in [-0.1, -0.05) is 0 Å². The van der Waals surface area contributed by atoms with Crippen molar-refractivity contribution in [2.45, 2.75) is 0 Å². The number of hydrogen-bond acceptors (Lipinski definition) is 2. The van der Waals surface area contributed by atoms with Gasteiger partial charge in [0.1, 0.15) is 5.56 Å². The molecule has 0 spiro atoms. The Morgan fingerprint density at radius 2 is 1.74 bits per heavy atom. The minimum Gasteiger partial charge on any atom is -0.477 e. The van der Waals surface area contributed by atoms with Gasteiger partial charge in [-0.25, -0.2) is 18.0 Å². The zero-order valence-corrected chi connectivity index (χ0v) is 9.21. The minimum absolute atomic E-state index is 0.326. The Morgan fingerprint density at radius 1 is 1.05 bits per heavy atom. The van der Waals surface area contributed by atoms with Crippen molar-refractivity contribution >= 4 is 5.97 Å². The number of nitrogens with one attached hydrogen (secondary N) is 1. The molecule has 19 heavy (non-hydrogen) atoms. The van der Waals surface area contributed by atoms with E-state index in [-0.39, 0.29) is 5.56 Å². The molecule has 0 aliphatic rings. The van der Waals surface area contributed by atoms with Crippen LogP contribution in [0.25, 0.3) is 11.1 Å². The van der Waals surface area contributed by atoms with Crippen molar-refractivity contribution in [1.29, 1.82) is 0 Å². The number of aromatic amines is 1. The average Bonchev–Trinajstić information content (AvgIpc) is 2.35. The van der Waals surface area contributed by atoms with Crippen LogP contribution < -0.4 is 5.56 Å². The van der Waals surface area contributed by atoms with Crippen molar-refractivity contribution in [1.82, 2.24) is 4.98 Å². The number of carboxylic acids is 1. The summed E-state index contributed by atoms with van der Waals surface area (Å²) in [4.78, 5) is 24.5. The highest BCUT2D eigenvalue weighted by molar-refractivity contribution is 5.95. The summed E-state index contributed by atoms with van der Waals surface area (Å²) in [5.41, 5.74) is -2.53. The lowest BCUT2D eigenvalue weighted by atomic mass is 10.0. The quantitative estimate of drug-likeness (QED) is 0.821. The largest absolute Gasteiger partial charge is 0.477 e. The molecule has 0 unspecified atom stereocenters. The van der Waals surface area contributed by atoms with Crippen LogP contribution >= 0.6 is 0 Å². The van der Waals surface area contributed by atoms with E-state index in [0.717, 1.165) is 18.3 Å². The standard InChI is InChI=1S/C12H6F3NO3/c13-7-2-1-6(9(14)10(7)15)5-3-4-16-11(17)8(5)12(18)19/h1-4H,(H,16,17)(H,18,19). The van der Waals surface area contributed by atoms with Gasteiger partial charge in [0.05, 0.1) is 0 Å². The van der Waals surface area contributed by atoms with Crippen molar-refractivity contribution in [2.24, 2.45) is 0 Å². The Balaban J connectivity index is 2.81. The Bertz CT molecular complexity index is 725. The Hall–Kier alpha value is -2.57. The lowest BCUT2D eigenvalue weighted by Crippen LogP contribution is -2.18. The van der Waals surface area contributed by atoms with Gasteiger partial charge in [-0.05, 0) is 18.2 Å². The lowest BCUT2D eigenvalue weighted by molar-refractivity contribution is 0.0696. The second-order valence-electron chi connectivity index (χ2n) is 3.62. The van der Waals surface area contributed by atoms with Crippen molar-refractivity contribution < 1.29 is 23.1 Å². The monoisotopic (exact) mass is 269 g/mol. The molecule has 4 nitrogen and oxygen atoms in total. The minimum atomic E-state index is -1.73. The van der Waals surface area contributed by atoms with Crippen LogP contribution in [0, 0.1) is 17.5 Å². The fourth-order valence-electron chi connectivity index (χ4n) is 1.65. The van der Waals surface area contributed by atoms with Crippen LogP contribution in [0.1, 0.15) is 10.4 Å². The van der Waals surface area contributed by atoms with Gasteiger partial charge in [-0.15, -0.1) is 0 Å². The van der Waals surface area contributed by atoms with Gasteiger partial charge >= 0.3 is 5.97 Å². The molecule has 1 aromatic carbocycles. The molecule has 0 saturated heterocycles. The Kier molecular flexibility index (Phi) is 3.12. The maximum atomic E-state index is 13.6. The van der Waals surface area contributed by atoms with E-state index in [1.165, 1.54) is 0 Å². The van der Waals surface area contributed by atoms with Gasteiger partial charge in [0.2, 0.25) is 0 Å². The smallest absolute Gasteiger partial charge is 0.341 e. The molecule has 0 saturated carbocycles. The first-order chi connectivity index (χ1) is 8.93. The van der Waals surface area contributed by atoms with Gasteiger partial charge in [-0.2, -0.15) is 0 Å². The number of pyridine rings is 1. The molecule has 0 radical (unpaired) electrons. The molecule has 7 heteroatoms. The van der Waals surface area contributed by atoms with Gasteiger partial charge < -0.3 is 10.1 Å². The van der Waals surface area contributed by atoms with E-state index in [1.54, 1.807) is 0 Å². The van der Waals surface area contributed by atoms with Gasteiger partial charge in [0.15, 0.2) is 17.5 Å². The summed E-state index contributed by atoms with van der Waals surface area (Å²) >= 11 is 0. The number of H-pyrrole nitrogens is 1. The molecule has 0 aliphatic carbocycles. The van der Waals surface area contributed by atoms with Crippen LogP contribution in [0.3, 0.4) is 0 Å². The second-order valence-corrected chi connectivity index (χ2v) is 3.62. The van der Waals surface area contributed by atoms with Crippen LogP contribution in [0.15, 0.2) is 29.2 Å². The fraction of sp³-hybridized carbons (Fsp3) is 0. The van der Waals surface area contributed by atoms with Crippen molar-refractivity contribution in [3.8, 4) is 11.1 Å². The summed E-state index contributed by atoms with van der Waals surface area (Å²) in [5.74, 6) is -6.27. The predicted octanol–water partition coefficient (Wildman–Crippen LogP) is 2.16. The highest BCUT2D eigenvalue weighted by atomic mass is 19.2. The maximum Gasteiger partial charge on any atom is 0.341 e. The number of aromatic carboxylic acids is 1. The van der Waals surface area contributed by atoms with Crippen LogP contribution in [0.2, 0.25) is 0 Å². The van der Waals surface area contributed by atoms with Gasteiger partial charge in [0, 0.05) is 17.3 Å². The number of benzene rings is 1. The molecule has 1 aromatic heterocycles. The van der Waals surface area contributed by atoms with Crippen molar-refractivity contribution in [3.63, 3.8) is 0 Å². The van der Waals surface area contributed by atoms with Crippen LogP contribution in [-0.4, -0.2) is 16.1 Å². The summed E-state index contributed by atoms with van der Waals surface area (Å²) in [6, 6.07) is 2.62. The molecular weight excluding hydrogens is 263 g/mol. The normalized spacial score (nSPS) is 10.5. The second kappa shape index (κ2) is 4.60. The molecular formula is C12H6F3NO3. The van der Waals surface area contributed by atoms with Gasteiger partial charge in [-0.3, -0.25) is 4.79 Å². The van der Waals surface area contributed by atoms with Crippen molar-refractivity contribution in [3.05, 3.63) is 57.8 Å². The topological polar surface area (TPSA) is 70.2 Å². The van der Waals surface area contributed by atoms with E-state index in [4.69, 9.17) is 5.11 Å². The molecule has 0 atom stereocenters. The first-order valence-corrected chi connectivity index (χ1v) is 5.02. The molecule has 1 heterocycles. The predicted molar refractivity (Wildman–Crippen MR) is 59.3 cm³/mol. The molecule has 0 aliphatic heterocycles. The molecule has 0 bridgehead atoms. The number of halogens is 3. The highest BCUT2D eigenvalue weighted by Gasteiger charge is 2.21. The summed E-state index contributed by atoms with van der Waals surface area (Å²) in [5, 5.41) is 8.91. The Labute approximate surface area is 104 Å². The first-order valence-electron chi connectivity index (χ1n) is 5.02. The number of aromatic nitrogens is 1. The number of rotatable bonds is 2. The third-order valence-electron chi connectivity index (χ3n) is 2.50. The van der Waals surface area contributed by atoms with E-state index in [0.29, 0.717) is 6.07 Å². The molecule has 2 aromatic rings. The lowest BCUT2D eigenvalue weighted by Gasteiger charge is -2.07. The molecule has 2 N–H and O–H groups in total. The maximum absolute atomic E-state index is 13.6. The summed E-state index contributed by atoms with van der Waals surface area (Å²) in [6.45, 7) is 0. The molecule has 0 fully saturated rings. The molecule has 98 valence electrons. The van der Waals surface area contributed by atoms with E-state index >= 15 is 0 Å². The van der Waals surface area contributed by atoms with Crippen LogP contribution in [-0.2, 0) is 0 Å². The van der Waals surface area contributed by atoms with E-state index in [2.05, 4.69) is 4.98 Å². The van der Waals surface area contributed by atoms with Crippen LogP contribution in [0.4, 0.5) is 13.2 Å². The van der Waals surface area contributed by atoms with E-state index in [9.17, 15) is 22.8 Å². The number of carboxylic acid groups (broad SMARTS) is 1. The summed E-state index contributed by atoms with van der Waals surface area (Å²) in [7, 11) is 0. The number of carbonyl (C=O) groups is 1. The third-order valence-corrected chi connectivity index (χ3v) is 2.50. The zero-order chi connectivity index (χ0) is 14.2. The van der Waals surface area contributed by atoms with E-state index < -0.39 is 40.1 Å². The zero-order valence-electron chi connectivity index (χ0n) is 9.21. The average molecular weight is 269 g/mol. The van der Waals surface area contributed by atoms with E-state index in [1.807, 2.05) is 0 Å². The Morgan fingerprint density at radius 3 is 2.37 bits per heavy atom. The molecule has 2 rings (SSSR count).